The summed E-state index contributed by atoms with van der Waals surface area (Å²) in [5, 5.41) is 23.0. The van der Waals surface area contributed by atoms with Gasteiger partial charge in [-0.05, 0) is 135 Å². The van der Waals surface area contributed by atoms with E-state index in [1.54, 1.807) is 79.7 Å². The molecule has 6 rings (SSSR count). The van der Waals surface area contributed by atoms with Crippen LogP contribution < -0.4 is 14.8 Å². The Bertz CT molecular complexity index is 2460. The van der Waals surface area contributed by atoms with Gasteiger partial charge >= 0.3 is 17.9 Å². The molecule has 0 spiro atoms. The highest BCUT2D eigenvalue weighted by Crippen LogP contribution is 2.34. The first-order valence-corrected chi connectivity index (χ1v) is 19.5. The lowest BCUT2D eigenvalue weighted by atomic mass is 10.1. The van der Waals surface area contributed by atoms with Crippen LogP contribution in [0.4, 0.5) is 28.4 Å². The lowest BCUT2D eigenvalue weighted by Crippen LogP contribution is -2.08. The van der Waals surface area contributed by atoms with Gasteiger partial charge < -0.3 is 24.3 Å². The van der Waals surface area contributed by atoms with E-state index < -0.39 is 11.9 Å². The average Bonchev–Trinajstić information content (AvgIpc) is 3.28. The maximum absolute atomic E-state index is 12.8. The molecule has 0 amide bonds. The Hall–Kier alpha value is -7.47. The molecule has 6 aromatic carbocycles. The first kappa shape index (κ1) is 42.1. The van der Waals surface area contributed by atoms with Crippen LogP contribution in [0.1, 0.15) is 58.9 Å². The van der Waals surface area contributed by atoms with Gasteiger partial charge in [-0.3, -0.25) is 0 Å². The van der Waals surface area contributed by atoms with Gasteiger partial charge in [0.2, 0.25) is 0 Å². The maximum Gasteiger partial charge on any atom is 0.343 e. The van der Waals surface area contributed by atoms with Crippen molar-refractivity contribution >= 4 is 57.1 Å². The van der Waals surface area contributed by atoms with Crippen molar-refractivity contribution in [1.29, 1.82) is 0 Å². The van der Waals surface area contributed by atoms with Gasteiger partial charge in [0.15, 0.2) is 0 Å². The standard InChI is InChI=1S/C48H45N5O7/c1-33(2)46(54)59-31-9-5-4-8-30-58-40-26-16-36(17-27-40)48(56)60-41-24-12-34(13-25-41)32-49-44-28-29-45(43-11-7-6-10-42(43)44)53-52-39-22-20-38(21-23-39)51-50-37-18-14-35(15-19-37)47(55)57-3/h6-7,10-29,49H,1,4-5,8-9,30-32H2,2-3H3. The number of benzene rings is 6. The smallest absolute Gasteiger partial charge is 0.343 e. The van der Waals surface area contributed by atoms with Gasteiger partial charge in [0.1, 0.15) is 11.5 Å². The second-order valence-corrected chi connectivity index (χ2v) is 13.7. The second kappa shape index (κ2) is 21.3. The molecule has 12 nitrogen and oxygen atoms in total. The topological polar surface area (TPSA) is 150 Å². The number of hydrogen-bond acceptors (Lipinski definition) is 12. The summed E-state index contributed by atoms with van der Waals surface area (Å²) in [6, 6.07) is 40.1. The van der Waals surface area contributed by atoms with Crippen LogP contribution in [-0.4, -0.2) is 38.2 Å². The molecule has 60 heavy (non-hydrogen) atoms. The van der Waals surface area contributed by atoms with Crippen molar-refractivity contribution in [2.75, 3.05) is 25.6 Å². The number of carbonyl (C=O) groups is 3. The second-order valence-electron chi connectivity index (χ2n) is 13.7. The summed E-state index contributed by atoms with van der Waals surface area (Å²) in [7, 11) is 1.34. The zero-order valence-electron chi connectivity index (χ0n) is 33.5. The molecule has 0 saturated heterocycles. The Kier molecular flexibility index (Phi) is 15.0. The number of anilines is 1. The molecule has 12 heteroatoms. The molecule has 0 aromatic heterocycles. The molecule has 0 heterocycles. The largest absolute Gasteiger partial charge is 0.494 e. The van der Waals surface area contributed by atoms with Gasteiger partial charge in [0, 0.05) is 28.6 Å². The summed E-state index contributed by atoms with van der Waals surface area (Å²) < 4.78 is 21.3. The van der Waals surface area contributed by atoms with E-state index in [0.717, 1.165) is 53.4 Å². The summed E-state index contributed by atoms with van der Waals surface area (Å²) >= 11 is 0. The molecule has 304 valence electrons. The number of ether oxygens (including phenoxy) is 4. The van der Waals surface area contributed by atoms with E-state index in [9.17, 15) is 14.4 Å². The first-order chi connectivity index (χ1) is 29.2. The predicted octanol–water partition coefficient (Wildman–Crippen LogP) is 12.3. The maximum atomic E-state index is 12.8. The van der Waals surface area contributed by atoms with E-state index in [4.69, 9.17) is 18.9 Å². The van der Waals surface area contributed by atoms with Gasteiger partial charge in [-0.25, -0.2) is 14.4 Å². The van der Waals surface area contributed by atoms with Gasteiger partial charge in [0.05, 0.1) is 54.2 Å². The van der Waals surface area contributed by atoms with Gasteiger partial charge in [0.25, 0.3) is 0 Å². The zero-order chi connectivity index (χ0) is 42.1. The molecule has 1 N–H and O–H groups in total. The van der Waals surface area contributed by atoms with Gasteiger partial charge in [-0.2, -0.15) is 15.3 Å². The highest BCUT2D eigenvalue weighted by atomic mass is 16.5. The SMILES string of the molecule is C=C(C)C(=O)OCCCCCCOc1ccc(C(=O)Oc2ccc(CNc3ccc(N=Nc4ccc(N=Nc5ccc(C(=O)OC)cc5)cc4)c4ccccc34)cc2)cc1. The van der Waals surface area contributed by atoms with Crippen molar-refractivity contribution in [2.24, 2.45) is 20.5 Å². The van der Waals surface area contributed by atoms with E-state index in [-0.39, 0.29) is 5.97 Å². The molecule has 0 aliphatic heterocycles. The molecule has 0 radical (unpaired) electrons. The number of unbranched alkanes of at least 4 members (excludes halogenated alkanes) is 3. The third kappa shape index (κ3) is 12.3. The number of methoxy groups -OCH3 is 1. The average molecular weight is 804 g/mol. The van der Waals surface area contributed by atoms with Gasteiger partial charge in [-0.15, -0.1) is 5.11 Å². The Morgan fingerprint density at radius 2 is 1.13 bits per heavy atom. The fourth-order valence-corrected chi connectivity index (χ4v) is 5.88. The lowest BCUT2D eigenvalue weighted by Gasteiger charge is -2.12. The number of azo groups is 2. The van der Waals surface area contributed by atoms with Crippen LogP contribution in [0, 0.1) is 0 Å². The van der Waals surface area contributed by atoms with E-state index >= 15 is 0 Å². The lowest BCUT2D eigenvalue weighted by molar-refractivity contribution is -0.139. The van der Waals surface area contributed by atoms with Crippen LogP contribution in [-0.2, 0) is 20.8 Å². The molecular formula is C48H45N5O7. The minimum Gasteiger partial charge on any atom is -0.494 e. The van der Waals surface area contributed by atoms with Crippen LogP contribution in [0.5, 0.6) is 11.5 Å². The predicted molar refractivity (Wildman–Crippen MR) is 231 cm³/mol. The Morgan fingerprint density at radius 3 is 1.77 bits per heavy atom. The Morgan fingerprint density at radius 1 is 0.583 bits per heavy atom. The minimum absolute atomic E-state index is 0.352. The number of nitrogens with zero attached hydrogens (tertiary/aromatic N) is 4. The monoisotopic (exact) mass is 803 g/mol. The number of hydrogen-bond donors (Lipinski definition) is 1. The van der Waals surface area contributed by atoms with Crippen molar-refractivity contribution in [3.63, 3.8) is 0 Å². The van der Waals surface area contributed by atoms with Crippen LogP contribution >= 0.6 is 0 Å². The summed E-state index contributed by atoms with van der Waals surface area (Å²) in [6.45, 7) is 6.70. The molecule has 0 aliphatic carbocycles. The molecule has 0 unspecified atom stereocenters. The van der Waals surface area contributed by atoms with Crippen molar-refractivity contribution in [2.45, 2.75) is 39.2 Å². The summed E-state index contributed by atoms with van der Waals surface area (Å²) in [5.74, 6) is -0.0882. The van der Waals surface area contributed by atoms with E-state index in [0.29, 0.717) is 65.0 Å². The van der Waals surface area contributed by atoms with Crippen LogP contribution in [0.3, 0.4) is 0 Å². The minimum atomic E-state index is -0.454. The van der Waals surface area contributed by atoms with E-state index in [1.165, 1.54) is 7.11 Å². The Balaban J connectivity index is 0.955. The number of fused-ring (bicyclic) bond motifs is 1. The number of nitrogens with one attached hydrogen (secondary N) is 1. The molecule has 0 aliphatic rings. The number of rotatable bonds is 19. The molecular weight excluding hydrogens is 759 g/mol. The van der Waals surface area contributed by atoms with Crippen molar-refractivity contribution in [3.8, 4) is 11.5 Å². The number of carbonyl (C=O) groups excluding carboxylic acids is 3. The normalized spacial score (nSPS) is 11.1. The van der Waals surface area contributed by atoms with Crippen molar-refractivity contribution in [1.82, 2.24) is 0 Å². The first-order valence-electron chi connectivity index (χ1n) is 19.5. The van der Waals surface area contributed by atoms with Crippen molar-refractivity contribution < 1.29 is 33.3 Å². The van der Waals surface area contributed by atoms with Crippen molar-refractivity contribution in [3.05, 3.63) is 162 Å². The summed E-state index contributed by atoms with van der Waals surface area (Å²) in [4.78, 5) is 35.9. The molecule has 0 fully saturated rings. The quantitative estimate of drug-likeness (QED) is 0.0279. The summed E-state index contributed by atoms with van der Waals surface area (Å²) in [5.41, 5.74) is 5.88. The van der Waals surface area contributed by atoms with Crippen LogP contribution in [0.2, 0.25) is 0 Å². The molecule has 0 saturated carbocycles. The van der Waals surface area contributed by atoms with E-state index in [2.05, 4.69) is 32.4 Å². The highest BCUT2D eigenvalue weighted by Gasteiger charge is 2.11. The van der Waals surface area contributed by atoms with Crippen LogP contribution in [0.15, 0.2) is 166 Å². The van der Waals surface area contributed by atoms with Gasteiger partial charge in [-0.1, -0.05) is 43.0 Å². The molecule has 0 atom stereocenters. The van der Waals surface area contributed by atoms with E-state index in [1.807, 2.05) is 60.7 Å². The molecule has 0 bridgehead atoms. The molecule has 6 aromatic rings. The Labute approximate surface area is 348 Å². The third-order valence-corrected chi connectivity index (χ3v) is 9.19. The highest BCUT2D eigenvalue weighted by molar-refractivity contribution is 6.00. The zero-order valence-corrected chi connectivity index (χ0v) is 33.5. The fourth-order valence-electron chi connectivity index (χ4n) is 5.88. The summed E-state index contributed by atoms with van der Waals surface area (Å²) in [6.07, 6.45) is 3.56. The fraction of sp³-hybridized carbons (Fsp3) is 0.188. The third-order valence-electron chi connectivity index (χ3n) is 9.19. The number of esters is 3. The van der Waals surface area contributed by atoms with Crippen LogP contribution in [0.25, 0.3) is 10.8 Å².